The van der Waals surface area contributed by atoms with E-state index >= 15 is 0 Å². The first-order valence-corrected chi connectivity index (χ1v) is 6.86. The van der Waals surface area contributed by atoms with Crippen molar-refractivity contribution in [1.82, 2.24) is 10.2 Å². The van der Waals surface area contributed by atoms with Crippen LogP contribution in [-0.2, 0) is 0 Å². The summed E-state index contributed by atoms with van der Waals surface area (Å²) in [5.74, 6) is 0.577. The minimum Gasteiger partial charge on any atom is -0.459 e. The fourth-order valence-electron chi connectivity index (χ4n) is 3.23. The Labute approximate surface area is 107 Å². The van der Waals surface area contributed by atoms with Gasteiger partial charge in [-0.15, -0.1) is 0 Å². The van der Waals surface area contributed by atoms with Crippen molar-refractivity contribution < 1.29 is 9.21 Å². The van der Waals surface area contributed by atoms with Crippen molar-refractivity contribution in [3.63, 3.8) is 0 Å². The van der Waals surface area contributed by atoms with Gasteiger partial charge < -0.3 is 14.6 Å². The molecule has 0 saturated carbocycles. The summed E-state index contributed by atoms with van der Waals surface area (Å²) in [6.07, 6.45) is 6.23. The van der Waals surface area contributed by atoms with E-state index < -0.39 is 0 Å². The Bertz CT molecular complexity index is 435. The number of hydrogen-bond donors (Lipinski definition) is 1. The van der Waals surface area contributed by atoms with Crippen LogP contribution in [0.5, 0.6) is 0 Å². The summed E-state index contributed by atoms with van der Waals surface area (Å²) in [7, 11) is 0. The maximum Gasteiger partial charge on any atom is 0.290 e. The maximum absolute atomic E-state index is 12.5. The van der Waals surface area contributed by atoms with Crippen molar-refractivity contribution in [2.75, 3.05) is 13.1 Å². The van der Waals surface area contributed by atoms with E-state index in [1.54, 1.807) is 6.26 Å². The number of hydrogen-bond acceptors (Lipinski definition) is 3. The Kier molecular flexibility index (Phi) is 3.12. The lowest BCUT2D eigenvalue weighted by Crippen LogP contribution is -2.46. The molecular weight excluding hydrogens is 228 g/mol. The average molecular weight is 248 g/mol. The zero-order valence-corrected chi connectivity index (χ0v) is 10.8. The first-order chi connectivity index (χ1) is 8.77. The first-order valence-electron chi connectivity index (χ1n) is 6.86. The molecule has 2 aliphatic heterocycles. The summed E-state index contributed by atoms with van der Waals surface area (Å²) in [4.78, 5) is 14.5. The summed E-state index contributed by atoms with van der Waals surface area (Å²) in [6.45, 7) is 3.88. The largest absolute Gasteiger partial charge is 0.459 e. The number of nitrogens with one attached hydrogen (secondary N) is 1. The van der Waals surface area contributed by atoms with Crippen LogP contribution in [0.1, 0.15) is 41.8 Å². The molecule has 3 heterocycles. The second-order valence-corrected chi connectivity index (χ2v) is 5.34. The Morgan fingerprint density at radius 1 is 1.44 bits per heavy atom. The topological polar surface area (TPSA) is 45.5 Å². The molecule has 0 spiro atoms. The van der Waals surface area contributed by atoms with Crippen molar-refractivity contribution in [2.24, 2.45) is 0 Å². The van der Waals surface area contributed by atoms with Crippen LogP contribution in [0.2, 0.25) is 0 Å². The predicted molar refractivity (Wildman–Crippen MR) is 68.5 cm³/mol. The fraction of sp³-hybridized carbons (Fsp3) is 0.643. The van der Waals surface area contributed by atoms with Gasteiger partial charge in [0.15, 0.2) is 5.76 Å². The first kappa shape index (κ1) is 11.8. The molecule has 1 aromatic heterocycles. The predicted octanol–water partition coefficient (Wildman–Crippen LogP) is 1.94. The summed E-state index contributed by atoms with van der Waals surface area (Å²) in [5.41, 5.74) is 0.935. The van der Waals surface area contributed by atoms with Gasteiger partial charge in [0, 0.05) is 24.2 Å². The number of furan rings is 1. The van der Waals surface area contributed by atoms with Crippen LogP contribution in [0.4, 0.5) is 0 Å². The molecule has 1 N–H and O–H groups in total. The molecule has 18 heavy (non-hydrogen) atoms. The van der Waals surface area contributed by atoms with Crippen molar-refractivity contribution in [2.45, 2.75) is 44.7 Å². The third kappa shape index (κ3) is 1.94. The van der Waals surface area contributed by atoms with E-state index in [0.29, 0.717) is 17.8 Å². The summed E-state index contributed by atoms with van der Waals surface area (Å²) in [6, 6.07) is 2.68. The lowest BCUT2D eigenvalue weighted by Gasteiger charge is -2.29. The zero-order valence-electron chi connectivity index (χ0n) is 10.8. The molecule has 2 saturated heterocycles. The molecular formula is C14H20N2O2. The zero-order chi connectivity index (χ0) is 12.5. The van der Waals surface area contributed by atoms with Gasteiger partial charge in [-0.1, -0.05) is 0 Å². The van der Waals surface area contributed by atoms with Gasteiger partial charge in [0.05, 0.1) is 6.26 Å². The summed E-state index contributed by atoms with van der Waals surface area (Å²) < 4.78 is 5.34. The number of aryl methyl sites for hydroxylation is 1. The molecule has 1 aromatic rings. The molecule has 2 aliphatic rings. The Morgan fingerprint density at radius 2 is 2.33 bits per heavy atom. The second kappa shape index (κ2) is 4.76. The molecule has 1 amide bonds. The van der Waals surface area contributed by atoms with E-state index in [2.05, 4.69) is 5.32 Å². The van der Waals surface area contributed by atoms with Crippen molar-refractivity contribution >= 4 is 5.91 Å². The molecule has 0 aliphatic carbocycles. The third-order valence-corrected chi connectivity index (χ3v) is 4.18. The maximum atomic E-state index is 12.5. The molecule has 4 heteroatoms. The van der Waals surface area contributed by atoms with Gasteiger partial charge in [-0.05, 0) is 45.2 Å². The highest BCUT2D eigenvalue weighted by molar-refractivity contribution is 5.93. The van der Waals surface area contributed by atoms with Crippen LogP contribution in [-0.4, -0.2) is 36.0 Å². The minimum atomic E-state index is 0.0636. The molecule has 0 aromatic carbocycles. The number of carbonyl (C=O) groups excluding carboxylic acids is 1. The number of nitrogens with zero attached hydrogens (tertiary/aromatic N) is 1. The SMILES string of the molecule is Cc1ccoc1C(=O)N1CCCC1C1CCCN1. The van der Waals surface area contributed by atoms with Crippen LogP contribution in [0.3, 0.4) is 0 Å². The van der Waals surface area contributed by atoms with E-state index in [1.165, 1.54) is 12.8 Å². The second-order valence-electron chi connectivity index (χ2n) is 5.34. The smallest absolute Gasteiger partial charge is 0.290 e. The fourth-order valence-corrected chi connectivity index (χ4v) is 3.23. The van der Waals surface area contributed by atoms with Crippen LogP contribution in [0.25, 0.3) is 0 Å². The van der Waals surface area contributed by atoms with E-state index in [4.69, 9.17) is 4.42 Å². The van der Waals surface area contributed by atoms with Gasteiger partial charge in [-0.2, -0.15) is 0 Å². The Morgan fingerprint density at radius 3 is 3.00 bits per heavy atom. The van der Waals surface area contributed by atoms with E-state index in [0.717, 1.165) is 31.5 Å². The van der Waals surface area contributed by atoms with Crippen molar-refractivity contribution in [1.29, 1.82) is 0 Å². The lowest BCUT2D eigenvalue weighted by molar-refractivity contribution is 0.0678. The van der Waals surface area contributed by atoms with Gasteiger partial charge >= 0.3 is 0 Å². The standard InChI is InChI=1S/C14H20N2O2/c1-10-6-9-18-13(10)14(17)16-8-3-5-12(16)11-4-2-7-15-11/h6,9,11-12,15H,2-5,7-8H2,1H3. The van der Waals surface area contributed by atoms with Crippen LogP contribution < -0.4 is 5.32 Å². The van der Waals surface area contributed by atoms with Gasteiger partial charge in [-0.25, -0.2) is 0 Å². The minimum absolute atomic E-state index is 0.0636. The number of likely N-dealkylation sites (tertiary alicyclic amines) is 1. The molecule has 4 nitrogen and oxygen atoms in total. The highest BCUT2D eigenvalue weighted by Gasteiger charge is 2.37. The average Bonchev–Trinajstić information content (AvgIpc) is 3.09. The van der Waals surface area contributed by atoms with E-state index in [-0.39, 0.29) is 5.91 Å². The van der Waals surface area contributed by atoms with Gasteiger partial charge in [-0.3, -0.25) is 4.79 Å². The monoisotopic (exact) mass is 248 g/mol. The number of rotatable bonds is 2. The molecule has 2 unspecified atom stereocenters. The molecule has 3 rings (SSSR count). The van der Waals surface area contributed by atoms with Crippen molar-refractivity contribution in [3.8, 4) is 0 Å². The molecule has 0 radical (unpaired) electrons. The molecule has 98 valence electrons. The molecule has 2 fully saturated rings. The quantitative estimate of drug-likeness (QED) is 0.870. The Balaban J connectivity index is 1.78. The Hall–Kier alpha value is -1.29. The normalized spacial score (nSPS) is 27.9. The summed E-state index contributed by atoms with van der Waals surface area (Å²) in [5, 5.41) is 3.52. The number of amides is 1. The van der Waals surface area contributed by atoms with E-state index in [1.807, 2.05) is 17.9 Å². The summed E-state index contributed by atoms with van der Waals surface area (Å²) >= 11 is 0. The van der Waals surface area contributed by atoms with Crippen LogP contribution in [0.15, 0.2) is 16.7 Å². The van der Waals surface area contributed by atoms with Crippen LogP contribution >= 0.6 is 0 Å². The van der Waals surface area contributed by atoms with Gasteiger partial charge in [0.25, 0.3) is 5.91 Å². The number of carbonyl (C=O) groups is 1. The highest BCUT2D eigenvalue weighted by Crippen LogP contribution is 2.27. The van der Waals surface area contributed by atoms with Gasteiger partial charge in [0.1, 0.15) is 0 Å². The van der Waals surface area contributed by atoms with E-state index in [9.17, 15) is 4.79 Å². The third-order valence-electron chi connectivity index (χ3n) is 4.18. The van der Waals surface area contributed by atoms with Crippen LogP contribution in [0, 0.1) is 6.92 Å². The lowest BCUT2D eigenvalue weighted by atomic mass is 10.0. The highest BCUT2D eigenvalue weighted by atomic mass is 16.3. The molecule has 2 atom stereocenters. The molecule has 0 bridgehead atoms. The van der Waals surface area contributed by atoms with Crippen molar-refractivity contribution in [3.05, 3.63) is 23.7 Å². The van der Waals surface area contributed by atoms with Gasteiger partial charge in [0.2, 0.25) is 0 Å².